The average Bonchev–Trinajstić information content (AvgIpc) is 3.66. The largest absolute Gasteiger partial charge is 1.00 e. The first-order valence-corrected chi connectivity index (χ1v) is 20.4. The molecule has 0 N–H and O–H groups in total. The maximum Gasteiger partial charge on any atom is -1.00 e. The van der Waals surface area contributed by atoms with E-state index in [1.165, 1.54) is 52.9 Å². The Morgan fingerprint density at radius 1 is 0.702 bits per heavy atom. The van der Waals surface area contributed by atoms with Gasteiger partial charge in [-0.3, -0.25) is 0 Å². The Kier molecular flexibility index (Phi) is 10.5. The number of hydrogen-bond donors (Lipinski definition) is 0. The molecule has 0 fully saturated rings. The Balaban J connectivity index is 0.00000217. The number of rotatable bonds is 4. The predicted octanol–water partition coefficient (Wildman–Crippen LogP) is 5.09. The summed E-state index contributed by atoms with van der Waals surface area (Å²) < 4.78 is 3.60. The molecule has 0 saturated carbocycles. The molecule has 47 heavy (non-hydrogen) atoms. The third kappa shape index (κ3) is 6.72. The Bertz CT molecular complexity index is 2050. The van der Waals surface area contributed by atoms with E-state index in [1.807, 2.05) is 6.07 Å². The zero-order valence-corrected chi connectivity index (χ0v) is 32.7. The molecule has 238 valence electrons. The molecular weight excluding hydrogens is 714 g/mol. The van der Waals surface area contributed by atoms with Crippen LogP contribution < -0.4 is 28.1 Å². The van der Waals surface area contributed by atoms with Gasteiger partial charge in [0.1, 0.15) is 0 Å². The Labute approximate surface area is 305 Å². The van der Waals surface area contributed by atoms with Crippen LogP contribution in [-0.4, -0.2) is 3.21 Å². The summed E-state index contributed by atoms with van der Waals surface area (Å²) in [5, 5.41) is 3.40. The van der Waals surface area contributed by atoms with Crippen molar-refractivity contribution < 1.29 is 46.1 Å². The van der Waals surface area contributed by atoms with E-state index in [-0.39, 0.29) is 35.6 Å². The first-order chi connectivity index (χ1) is 21.5. The zero-order chi connectivity index (χ0) is 31.5. The van der Waals surface area contributed by atoms with Gasteiger partial charge in [-0.25, -0.2) is 0 Å². The third-order valence-corrected chi connectivity index (χ3v) is 17.8. The number of halogens is 3. The maximum atomic E-state index is 6.80. The Morgan fingerprint density at radius 3 is 2.09 bits per heavy atom. The molecule has 0 heterocycles. The van der Waals surface area contributed by atoms with Crippen LogP contribution in [0.25, 0.3) is 21.9 Å². The second-order valence-corrected chi connectivity index (χ2v) is 21.3. The van der Waals surface area contributed by atoms with E-state index < -0.39 is 21.3 Å². The van der Waals surface area contributed by atoms with Crippen LogP contribution in [-0.2, 0) is 38.5 Å². The number of allylic oxidation sites excluding steroid dienone is 4. The maximum absolute atomic E-state index is 6.80. The van der Waals surface area contributed by atoms with Crippen molar-refractivity contribution in [1.29, 1.82) is 0 Å². The minimum absolute atomic E-state index is 0. The van der Waals surface area contributed by atoms with E-state index >= 15 is 0 Å². The van der Waals surface area contributed by atoms with Crippen molar-refractivity contribution in [3.05, 3.63) is 160 Å². The van der Waals surface area contributed by atoms with E-state index in [0.29, 0.717) is 3.63 Å². The van der Waals surface area contributed by atoms with Gasteiger partial charge in [0.25, 0.3) is 0 Å². The van der Waals surface area contributed by atoms with Gasteiger partial charge in [-0.1, -0.05) is 0 Å². The number of benzene rings is 5. The summed E-state index contributed by atoms with van der Waals surface area (Å²) in [5.41, 5.74) is 11.5. The second kappa shape index (κ2) is 13.8. The van der Waals surface area contributed by atoms with E-state index in [0.717, 1.165) is 11.4 Å². The van der Waals surface area contributed by atoms with Gasteiger partial charge in [-0.15, -0.1) is 0 Å². The number of hydrogen-bond acceptors (Lipinski definition) is 0. The molecule has 0 unspecified atom stereocenters. The molecule has 4 heteroatoms. The van der Waals surface area contributed by atoms with Crippen LogP contribution in [0.2, 0.25) is 8.65 Å². The number of fused-ring (bicyclic) bond motifs is 4. The summed E-state index contributed by atoms with van der Waals surface area (Å²) in [7, 11) is 0. The van der Waals surface area contributed by atoms with Crippen LogP contribution in [0.5, 0.6) is 0 Å². The first-order valence-electron chi connectivity index (χ1n) is 16.1. The van der Waals surface area contributed by atoms with Gasteiger partial charge < -0.3 is 24.8 Å². The van der Waals surface area contributed by atoms with Crippen molar-refractivity contribution in [2.75, 3.05) is 0 Å². The normalized spacial score (nSPS) is 14.0. The molecule has 0 spiro atoms. The fourth-order valence-electron chi connectivity index (χ4n) is 7.30. The summed E-state index contributed by atoms with van der Waals surface area (Å²) in [5.74, 6) is 0. The van der Waals surface area contributed by atoms with E-state index in [2.05, 4.69) is 157 Å². The van der Waals surface area contributed by atoms with Crippen molar-refractivity contribution >= 4 is 28.9 Å². The topological polar surface area (TPSA) is 0 Å². The van der Waals surface area contributed by atoms with E-state index in [9.17, 15) is 0 Å². The Morgan fingerprint density at radius 2 is 1.38 bits per heavy atom. The predicted molar refractivity (Wildman–Crippen MR) is 192 cm³/mol. The van der Waals surface area contributed by atoms with Crippen molar-refractivity contribution in [2.45, 2.75) is 62.4 Å². The second-order valence-electron chi connectivity index (χ2n) is 14.7. The van der Waals surface area contributed by atoms with Gasteiger partial charge in [0.15, 0.2) is 0 Å². The molecule has 0 radical (unpaired) electrons. The van der Waals surface area contributed by atoms with Gasteiger partial charge >= 0.3 is 283 Å². The molecule has 2 aliphatic rings. The van der Waals surface area contributed by atoms with Crippen LogP contribution in [0.1, 0.15) is 74.9 Å². The molecule has 2 aliphatic carbocycles. The molecule has 0 amide bonds. The fraction of sp³-hybridized carbons (Fsp3) is 0.233. The molecule has 0 atom stereocenters. The molecule has 5 aromatic rings. The first kappa shape index (κ1) is 35.8. The van der Waals surface area contributed by atoms with Crippen molar-refractivity contribution in [1.82, 2.24) is 0 Å². The van der Waals surface area contributed by atoms with Crippen molar-refractivity contribution in [3.63, 3.8) is 0 Å². The minimum Gasteiger partial charge on any atom is -1.00 e. The van der Waals surface area contributed by atoms with Crippen molar-refractivity contribution in [3.8, 4) is 11.1 Å². The quantitative estimate of drug-likeness (QED) is 0.236. The fourth-order valence-corrected chi connectivity index (χ4v) is 16.8. The monoisotopic (exact) mass is 752 g/mol. The van der Waals surface area contributed by atoms with Crippen LogP contribution in [0.15, 0.2) is 121 Å². The molecule has 5 aromatic carbocycles. The van der Waals surface area contributed by atoms with Gasteiger partial charge in [0.2, 0.25) is 0 Å². The molecule has 0 saturated heterocycles. The van der Waals surface area contributed by atoms with Crippen molar-refractivity contribution in [2.24, 2.45) is 0 Å². The summed E-state index contributed by atoms with van der Waals surface area (Å²) in [6.07, 6.45) is 10.5. The smallest absolute Gasteiger partial charge is 1.00 e. The van der Waals surface area contributed by atoms with Crippen LogP contribution >= 0.6 is 11.6 Å². The summed E-state index contributed by atoms with van der Waals surface area (Å²) >= 11 is 3.90. The summed E-state index contributed by atoms with van der Waals surface area (Å²) in [4.78, 5) is 0. The molecule has 0 nitrogen and oxygen atoms in total. The van der Waals surface area contributed by atoms with Crippen LogP contribution in [0.3, 0.4) is 0 Å². The molecule has 0 aliphatic heterocycles. The molecular formula is C43H41Cl3Zr. The van der Waals surface area contributed by atoms with Gasteiger partial charge in [0.05, 0.1) is 0 Å². The molecule has 0 aromatic heterocycles. The van der Waals surface area contributed by atoms with Crippen LogP contribution in [0.4, 0.5) is 0 Å². The summed E-state index contributed by atoms with van der Waals surface area (Å²) in [6, 6.07) is 36.5. The van der Waals surface area contributed by atoms with Gasteiger partial charge in [-0.05, 0) is 0 Å². The minimum atomic E-state index is -2.89. The summed E-state index contributed by atoms with van der Waals surface area (Å²) in [6.45, 7) is 14.2. The Hall–Kier alpha value is -2.54. The van der Waals surface area contributed by atoms with E-state index in [1.54, 1.807) is 8.83 Å². The SMILES string of the molecule is CC(C)(C)c1ccc2c(c1)Cc1c-2ccc(C(C)(C)C)[c]1[Zr+2](=[C](c1cccc(Cl)c1)c1cccc2ccccc12)[CH]1C=CC=C1.[Cl-].[Cl-]. The molecule has 7 rings (SSSR count). The van der Waals surface area contributed by atoms with E-state index in [4.69, 9.17) is 11.6 Å². The zero-order valence-electron chi connectivity index (χ0n) is 28.0. The molecule has 0 bridgehead atoms. The van der Waals surface area contributed by atoms with Gasteiger partial charge in [-0.2, -0.15) is 0 Å². The van der Waals surface area contributed by atoms with Crippen LogP contribution in [0, 0.1) is 0 Å². The standard InChI is InChI=1S/C21H25.C17H11Cl.C5H5.2ClH.Zr/c1-20(2,3)16-7-9-18-14(12-16)11-15-13-17(21(4,5)6)8-10-19(15)18;18-16-9-3-5-13(12-16)11-15-8-4-7-14-6-1-2-10-17(14)15;1-2-4-5-3-1;;;/h7-10,12H,11H2,1-6H3;1-10,12H;1-5H;2*1H;/q;;;;;+2/p-2. The van der Waals surface area contributed by atoms with Gasteiger partial charge in [0, 0.05) is 0 Å². The third-order valence-electron chi connectivity index (χ3n) is 9.54. The average molecular weight is 755 g/mol.